The number of anilines is 1. The molecule has 0 aliphatic heterocycles. The third kappa shape index (κ3) is 6.70. The Bertz CT molecular complexity index is 580. The minimum absolute atomic E-state index is 0.0456. The molecule has 1 fully saturated rings. The second kappa shape index (κ2) is 10.8. The third-order valence-electron chi connectivity index (χ3n) is 5.12. The monoisotopic (exact) mass is 359 g/mol. The van der Waals surface area contributed by atoms with E-state index in [-0.39, 0.29) is 18.4 Å². The first-order valence-corrected chi connectivity index (χ1v) is 9.96. The molecule has 144 valence electrons. The van der Waals surface area contributed by atoms with Gasteiger partial charge in [0.2, 0.25) is 11.8 Å². The lowest BCUT2D eigenvalue weighted by Crippen LogP contribution is -2.38. The number of nitrogens with one attached hydrogen (secondary N) is 2. The zero-order chi connectivity index (χ0) is 18.8. The van der Waals surface area contributed by atoms with Gasteiger partial charge in [0, 0.05) is 31.7 Å². The summed E-state index contributed by atoms with van der Waals surface area (Å²) in [6, 6.07) is 8.19. The van der Waals surface area contributed by atoms with Crippen molar-refractivity contribution >= 4 is 17.5 Å². The van der Waals surface area contributed by atoms with Crippen LogP contribution in [-0.4, -0.2) is 35.8 Å². The molecule has 2 N–H and O–H groups in total. The van der Waals surface area contributed by atoms with Crippen LogP contribution in [0.5, 0.6) is 0 Å². The van der Waals surface area contributed by atoms with Crippen LogP contribution in [0, 0.1) is 0 Å². The number of para-hydroxylation sites is 1. The van der Waals surface area contributed by atoms with E-state index in [2.05, 4.69) is 10.6 Å². The molecule has 0 spiro atoms. The van der Waals surface area contributed by atoms with E-state index in [0.29, 0.717) is 19.1 Å². The van der Waals surface area contributed by atoms with Crippen LogP contribution < -0.4 is 10.6 Å². The molecule has 0 atom stereocenters. The average Bonchev–Trinajstić information content (AvgIpc) is 2.60. The minimum atomic E-state index is 0.0456. The molecule has 2 rings (SSSR count). The van der Waals surface area contributed by atoms with E-state index in [4.69, 9.17) is 0 Å². The molecule has 1 aliphatic rings. The molecule has 5 heteroatoms. The number of benzene rings is 1. The van der Waals surface area contributed by atoms with E-state index in [0.717, 1.165) is 24.1 Å². The Hall–Kier alpha value is -2.04. The Morgan fingerprint density at radius 3 is 2.38 bits per heavy atom. The standard InChI is InChI=1S/C21H33N3O2/c1-3-24(17(2)25)16-18-11-9-10-14-20(18)22-15-21(26)23-19-12-7-5-4-6-8-13-19/h9-11,14,19,22H,3-8,12-13,15-16H2,1-2H3,(H,23,26). The lowest BCUT2D eigenvalue weighted by Gasteiger charge is -2.22. The Morgan fingerprint density at radius 2 is 1.73 bits per heavy atom. The van der Waals surface area contributed by atoms with E-state index >= 15 is 0 Å². The van der Waals surface area contributed by atoms with Crippen molar-refractivity contribution in [2.24, 2.45) is 0 Å². The van der Waals surface area contributed by atoms with Crippen molar-refractivity contribution in [2.75, 3.05) is 18.4 Å². The van der Waals surface area contributed by atoms with Gasteiger partial charge >= 0.3 is 0 Å². The maximum Gasteiger partial charge on any atom is 0.239 e. The molecule has 1 saturated carbocycles. The quantitative estimate of drug-likeness (QED) is 0.780. The van der Waals surface area contributed by atoms with Gasteiger partial charge in [-0.15, -0.1) is 0 Å². The van der Waals surface area contributed by atoms with Gasteiger partial charge in [0.05, 0.1) is 6.54 Å². The number of carbonyl (C=O) groups excluding carboxylic acids is 2. The SMILES string of the molecule is CCN(Cc1ccccc1NCC(=O)NC1CCCCCCC1)C(C)=O. The molecule has 0 aromatic heterocycles. The highest BCUT2D eigenvalue weighted by molar-refractivity contribution is 5.81. The number of amides is 2. The van der Waals surface area contributed by atoms with Gasteiger partial charge in [0.1, 0.15) is 0 Å². The maximum atomic E-state index is 12.3. The normalized spacial score (nSPS) is 15.6. The number of rotatable bonds is 7. The lowest BCUT2D eigenvalue weighted by atomic mass is 9.97. The van der Waals surface area contributed by atoms with Crippen LogP contribution in [0.25, 0.3) is 0 Å². The Balaban J connectivity index is 1.88. The fraction of sp³-hybridized carbons (Fsp3) is 0.619. The van der Waals surface area contributed by atoms with Crippen molar-refractivity contribution < 1.29 is 9.59 Å². The highest BCUT2D eigenvalue weighted by Crippen LogP contribution is 2.18. The zero-order valence-electron chi connectivity index (χ0n) is 16.2. The van der Waals surface area contributed by atoms with Gasteiger partial charge < -0.3 is 15.5 Å². The molecule has 0 radical (unpaired) electrons. The van der Waals surface area contributed by atoms with E-state index in [1.54, 1.807) is 11.8 Å². The molecule has 0 unspecified atom stereocenters. The minimum Gasteiger partial charge on any atom is -0.376 e. The molecular weight excluding hydrogens is 326 g/mol. The molecule has 0 heterocycles. The summed E-state index contributed by atoms with van der Waals surface area (Å²) in [5.41, 5.74) is 1.95. The van der Waals surface area contributed by atoms with Crippen LogP contribution in [0.1, 0.15) is 64.4 Å². The zero-order valence-corrected chi connectivity index (χ0v) is 16.2. The van der Waals surface area contributed by atoms with E-state index in [1.165, 1.54) is 32.1 Å². The van der Waals surface area contributed by atoms with Crippen LogP contribution in [0.15, 0.2) is 24.3 Å². The van der Waals surface area contributed by atoms with E-state index in [1.807, 2.05) is 31.2 Å². The van der Waals surface area contributed by atoms with Gasteiger partial charge in [-0.25, -0.2) is 0 Å². The van der Waals surface area contributed by atoms with E-state index in [9.17, 15) is 9.59 Å². The van der Waals surface area contributed by atoms with Crippen LogP contribution in [0.2, 0.25) is 0 Å². The first-order valence-electron chi connectivity index (χ1n) is 9.96. The van der Waals surface area contributed by atoms with Crippen LogP contribution in [-0.2, 0) is 16.1 Å². The van der Waals surface area contributed by atoms with Crippen LogP contribution in [0.4, 0.5) is 5.69 Å². The highest BCUT2D eigenvalue weighted by atomic mass is 16.2. The molecule has 5 nitrogen and oxygen atoms in total. The molecule has 0 bridgehead atoms. The molecular formula is C21H33N3O2. The van der Waals surface area contributed by atoms with Crippen molar-refractivity contribution in [1.82, 2.24) is 10.2 Å². The van der Waals surface area contributed by atoms with Gasteiger partial charge in [-0.05, 0) is 31.4 Å². The molecule has 1 aromatic carbocycles. The van der Waals surface area contributed by atoms with Crippen molar-refractivity contribution in [3.05, 3.63) is 29.8 Å². The molecule has 0 saturated heterocycles. The van der Waals surface area contributed by atoms with Gasteiger partial charge in [-0.2, -0.15) is 0 Å². The summed E-state index contributed by atoms with van der Waals surface area (Å²) in [7, 11) is 0. The lowest BCUT2D eigenvalue weighted by molar-refractivity contribution is -0.129. The number of hydrogen-bond donors (Lipinski definition) is 2. The fourth-order valence-corrected chi connectivity index (χ4v) is 3.54. The summed E-state index contributed by atoms with van der Waals surface area (Å²) >= 11 is 0. The Morgan fingerprint density at radius 1 is 1.08 bits per heavy atom. The Labute approximate surface area is 157 Å². The van der Waals surface area contributed by atoms with Gasteiger partial charge in [-0.1, -0.05) is 50.3 Å². The molecule has 2 amide bonds. The maximum absolute atomic E-state index is 12.3. The second-order valence-electron chi connectivity index (χ2n) is 7.15. The molecule has 26 heavy (non-hydrogen) atoms. The largest absolute Gasteiger partial charge is 0.376 e. The summed E-state index contributed by atoms with van der Waals surface area (Å²) in [4.78, 5) is 25.8. The van der Waals surface area contributed by atoms with E-state index < -0.39 is 0 Å². The van der Waals surface area contributed by atoms with Crippen molar-refractivity contribution in [2.45, 2.75) is 71.4 Å². The van der Waals surface area contributed by atoms with Crippen LogP contribution >= 0.6 is 0 Å². The van der Waals surface area contributed by atoms with Gasteiger partial charge in [0.25, 0.3) is 0 Å². The number of nitrogens with zero attached hydrogens (tertiary/aromatic N) is 1. The predicted octanol–water partition coefficient (Wildman–Crippen LogP) is 3.70. The molecule has 1 aromatic rings. The second-order valence-corrected chi connectivity index (χ2v) is 7.15. The van der Waals surface area contributed by atoms with Gasteiger partial charge in [0.15, 0.2) is 0 Å². The summed E-state index contributed by atoms with van der Waals surface area (Å²) in [6.45, 7) is 5.05. The smallest absolute Gasteiger partial charge is 0.239 e. The van der Waals surface area contributed by atoms with Crippen LogP contribution in [0.3, 0.4) is 0 Å². The van der Waals surface area contributed by atoms with Crippen molar-refractivity contribution in [3.8, 4) is 0 Å². The summed E-state index contributed by atoms with van der Waals surface area (Å²) in [5, 5.41) is 6.43. The van der Waals surface area contributed by atoms with Crippen molar-refractivity contribution in [3.63, 3.8) is 0 Å². The number of carbonyl (C=O) groups is 2. The third-order valence-corrected chi connectivity index (χ3v) is 5.12. The number of hydrogen-bond acceptors (Lipinski definition) is 3. The topological polar surface area (TPSA) is 61.4 Å². The van der Waals surface area contributed by atoms with Gasteiger partial charge in [-0.3, -0.25) is 9.59 Å². The average molecular weight is 360 g/mol. The predicted molar refractivity (Wildman–Crippen MR) is 106 cm³/mol. The Kier molecular flexibility index (Phi) is 8.45. The van der Waals surface area contributed by atoms with Crippen molar-refractivity contribution in [1.29, 1.82) is 0 Å². The summed E-state index contributed by atoms with van der Waals surface area (Å²) < 4.78 is 0. The summed E-state index contributed by atoms with van der Waals surface area (Å²) in [6.07, 6.45) is 8.48. The first kappa shape index (κ1) is 20.3. The summed E-state index contributed by atoms with van der Waals surface area (Å²) in [5.74, 6) is 0.105. The fourth-order valence-electron chi connectivity index (χ4n) is 3.54. The first-order chi connectivity index (χ1) is 12.6. The molecule has 1 aliphatic carbocycles. The highest BCUT2D eigenvalue weighted by Gasteiger charge is 2.15.